The van der Waals surface area contributed by atoms with Gasteiger partial charge >= 0.3 is 6.18 Å². The van der Waals surface area contributed by atoms with Crippen LogP contribution in [-0.4, -0.2) is 4.57 Å². The van der Waals surface area contributed by atoms with Crippen LogP contribution < -0.4 is 0 Å². The molecule has 0 saturated heterocycles. The van der Waals surface area contributed by atoms with Crippen molar-refractivity contribution in [3.05, 3.63) is 57.0 Å². The van der Waals surface area contributed by atoms with Crippen molar-refractivity contribution in [1.82, 2.24) is 4.57 Å². The smallest absolute Gasteiger partial charge is 0.343 e. The highest BCUT2D eigenvalue weighted by molar-refractivity contribution is 9.11. The van der Waals surface area contributed by atoms with Gasteiger partial charge in [-0.2, -0.15) is 13.2 Å². The Bertz CT molecular complexity index is 848. The van der Waals surface area contributed by atoms with Crippen LogP contribution in [0.25, 0.3) is 22.2 Å². The van der Waals surface area contributed by atoms with Gasteiger partial charge < -0.3 is 4.57 Å². The molecule has 3 aromatic rings. The normalized spacial score (nSPS) is 12.1. The van der Waals surface area contributed by atoms with Crippen molar-refractivity contribution in [3.8, 4) is 11.3 Å². The highest BCUT2D eigenvalue weighted by Crippen LogP contribution is 2.39. The number of hydrogen-bond acceptors (Lipinski definition) is 0. The molecule has 22 heavy (non-hydrogen) atoms. The van der Waals surface area contributed by atoms with Gasteiger partial charge in [-0.05, 0) is 51.8 Å². The number of benzene rings is 2. The van der Waals surface area contributed by atoms with Crippen LogP contribution >= 0.6 is 31.9 Å². The number of aromatic nitrogens is 1. The van der Waals surface area contributed by atoms with Crippen molar-refractivity contribution >= 4 is 42.8 Å². The lowest BCUT2D eigenvalue weighted by molar-refractivity contribution is -0.137. The lowest BCUT2D eigenvalue weighted by Gasteiger charge is -2.09. The van der Waals surface area contributed by atoms with Gasteiger partial charge in [-0.3, -0.25) is 0 Å². The number of nitrogens with zero attached hydrogens (tertiary/aromatic N) is 1. The molecular formula is C16H10Br2F3N. The number of fused-ring (bicyclic) bond motifs is 1. The Kier molecular flexibility index (Phi) is 3.85. The molecule has 0 aliphatic rings. The Morgan fingerprint density at radius 2 is 1.59 bits per heavy atom. The average Bonchev–Trinajstić information content (AvgIpc) is 2.70. The molecule has 6 heteroatoms. The molecule has 2 aromatic carbocycles. The highest BCUT2D eigenvalue weighted by Gasteiger charge is 2.30. The third-order valence-electron chi connectivity index (χ3n) is 3.59. The Hall–Kier alpha value is -1.27. The number of alkyl halides is 3. The largest absolute Gasteiger partial charge is 0.416 e. The Morgan fingerprint density at radius 3 is 2.18 bits per heavy atom. The maximum absolute atomic E-state index is 12.7. The fourth-order valence-corrected chi connectivity index (χ4v) is 3.68. The van der Waals surface area contributed by atoms with Gasteiger partial charge in [0.15, 0.2) is 0 Å². The molecule has 0 atom stereocenters. The molecule has 1 aromatic heterocycles. The molecule has 0 radical (unpaired) electrons. The monoisotopic (exact) mass is 431 g/mol. The molecule has 0 saturated carbocycles. The summed E-state index contributed by atoms with van der Waals surface area (Å²) in [5.74, 6) is 0. The number of aryl methyl sites for hydroxylation is 1. The van der Waals surface area contributed by atoms with E-state index in [4.69, 9.17) is 0 Å². The molecule has 3 rings (SSSR count). The first-order valence-electron chi connectivity index (χ1n) is 6.40. The lowest BCUT2D eigenvalue weighted by Crippen LogP contribution is -2.04. The standard InChI is InChI=1S/C16H10Br2F3N/c1-22-13-7-6-11(17)8-12(13)14(18)15(22)9-2-4-10(5-3-9)16(19,20)21/h2-8H,1H3. The van der Waals surface area contributed by atoms with E-state index in [0.717, 1.165) is 43.2 Å². The van der Waals surface area contributed by atoms with E-state index >= 15 is 0 Å². The second kappa shape index (κ2) is 5.42. The van der Waals surface area contributed by atoms with Crippen LogP contribution in [0.5, 0.6) is 0 Å². The molecule has 0 unspecified atom stereocenters. The number of rotatable bonds is 1. The molecule has 1 nitrogen and oxygen atoms in total. The van der Waals surface area contributed by atoms with Crippen LogP contribution in [0.3, 0.4) is 0 Å². The molecule has 0 fully saturated rings. The van der Waals surface area contributed by atoms with Gasteiger partial charge in [0.2, 0.25) is 0 Å². The third kappa shape index (κ3) is 2.58. The van der Waals surface area contributed by atoms with Gasteiger partial charge in [0, 0.05) is 22.4 Å². The molecule has 0 bridgehead atoms. The fraction of sp³-hybridized carbons (Fsp3) is 0.125. The van der Waals surface area contributed by atoms with Crippen molar-refractivity contribution in [1.29, 1.82) is 0 Å². The van der Waals surface area contributed by atoms with Gasteiger partial charge in [-0.15, -0.1) is 0 Å². The minimum Gasteiger partial charge on any atom is -0.343 e. The van der Waals surface area contributed by atoms with Crippen molar-refractivity contribution in [2.24, 2.45) is 7.05 Å². The first kappa shape index (κ1) is 15.6. The SMILES string of the molecule is Cn1c(-c2ccc(C(F)(F)F)cc2)c(Br)c2cc(Br)ccc21. The van der Waals surface area contributed by atoms with E-state index in [1.165, 1.54) is 12.1 Å². The summed E-state index contributed by atoms with van der Waals surface area (Å²) in [4.78, 5) is 0. The number of hydrogen-bond donors (Lipinski definition) is 0. The van der Waals surface area contributed by atoms with Crippen LogP contribution in [0, 0.1) is 0 Å². The van der Waals surface area contributed by atoms with E-state index in [0.29, 0.717) is 0 Å². The van der Waals surface area contributed by atoms with Gasteiger partial charge in [-0.1, -0.05) is 28.1 Å². The molecule has 0 aliphatic carbocycles. The zero-order chi connectivity index (χ0) is 16.1. The average molecular weight is 433 g/mol. The van der Waals surface area contributed by atoms with Crippen LogP contribution in [0.2, 0.25) is 0 Å². The van der Waals surface area contributed by atoms with Crippen molar-refractivity contribution in [3.63, 3.8) is 0 Å². The van der Waals surface area contributed by atoms with Crippen molar-refractivity contribution < 1.29 is 13.2 Å². The Morgan fingerprint density at radius 1 is 0.955 bits per heavy atom. The summed E-state index contributed by atoms with van der Waals surface area (Å²) in [5, 5.41) is 1.01. The summed E-state index contributed by atoms with van der Waals surface area (Å²) >= 11 is 7.00. The molecular weight excluding hydrogens is 423 g/mol. The molecule has 0 spiro atoms. The summed E-state index contributed by atoms with van der Waals surface area (Å²) in [5.41, 5.74) is 1.94. The van der Waals surface area contributed by atoms with E-state index in [2.05, 4.69) is 31.9 Å². The second-order valence-electron chi connectivity index (χ2n) is 4.96. The van der Waals surface area contributed by atoms with E-state index in [1.807, 2.05) is 29.8 Å². The summed E-state index contributed by atoms with van der Waals surface area (Å²) in [7, 11) is 1.90. The zero-order valence-electron chi connectivity index (χ0n) is 11.4. The Labute approximate surface area is 142 Å². The molecule has 0 N–H and O–H groups in total. The number of halogens is 5. The van der Waals surface area contributed by atoms with Crippen molar-refractivity contribution in [2.45, 2.75) is 6.18 Å². The summed E-state index contributed by atoms with van der Waals surface area (Å²) in [6.45, 7) is 0. The van der Waals surface area contributed by atoms with Gasteiger partial charge in [0.1, 0.15) is 0 Å². The predicted molar refractivity (Wildman–Crippen MR) is 88.8 cm³/mol. The molecule has 114 valence electrons. The maximum Gasteiger partial charge on any atom is 0.416 e. The molecule has 0 aliphatic heterocycles. The predicted octanol–water partition coefficient (Wildman–Crippen LogP) is 6.39. The quantitative estimate of drug-likeness (QED) is 0.420. The second-order valence-corrected chi connectivity index (χ2v) is 6.67. The minimum absolute atomic E-state index is 0.645. The summed E-state index contributed by atoms with van der Waals surface area (Å²) in [6, 6.07) is 11.1. The van der Waals surface area contributed by atoms with E-state index in [-0.39, 0.29) is 0 Å². The van der Waals surface area contributed by atoms with Crippen LogP contribution in [-0.2, 0) is 13.2 Å². The van der Waals surface area contributed by atoms with Gasteiger partial charge in [0.25, 0.3) is 0 Å². The lowest BCUT2D eigenvalue weighted by atomic mass is 10.1. The summed E-state index contributed by atoms with van der Waals surface area (Å²) in [6.07, 6.45) is -4.32. The first-order valence-corrected chi connectivity index (χ1v) is 7.98. The highest BCUT2D eigenvalue weighted by atomic mass is 79.9. The summed E-state index contributed by atoms with van der Waals surface area (Å²) < 4.78 is 41.8. The molecule has 1 heterocycles. The topological polar surface area (TPSA) is 4.93 Å². The van der Waals surface area contributed by atoms with Crippen LogP contribution in [0.4, 0.5) is 13.2 Å². The van der Waals surface area contributed by atoms with E-state index in [9.17, 15) is 13.2 Å². The zero-order valence-corrected chi connectivity index (χ0v) is 14.6. The van der Waals surface area contributed by atoms with E-state index < -0.39 is 11.7 Å². The van der Waals surface area contributed by atoms with Gasteiger partial charge in [0.05, 0.1) is 15.7 Å². The molecule has 0 amide bonds. The maximum atomic E-state index is 12.7. The van der Waals surface area contributed by atoms with Crippen LogP contribution in [0.1, 0.15) is 5.56 Å². The minimum atomic E-state index is -4.32. The van der Waals surface area contributed by atoms with E-state index in [1.54, 1.807) is 0 Å². The Balaban J connectivity index is 2.18. The van der Waals surface area contributed by atoms with Crippen LogP contribution in [0.15, 0.2) is 51.4 Å². The van der Waals surface area contributed by atoms with Crippen molar-refractivity contribution in [2.75, 3.05) is 0 Å². The third-order valence-corrected chi connectivity index (χ3v) is 4.88. The van der Waals surface area contributed by atoms with Gasteiger partial charge in [-0.25, -0.2) is 0 Å². The fourth-order valence-electron chi connectivity index (χ4n) is 2.51. The first-order chi connectivity index (χ1) is 10.3.